The number of carbonyl (C=O) groups excluding carboxylic acids is 2. The number of nitrogens with one attached hydrogen (secondary N) is 2. The molecule has 2 N–H and O–H groups in total. The number of halogens is 1. The molecule has 0 saturated carbocycles. The standard InChI is InChI=1S/C20H17ClN4O4S/c1-11-17(7-12-2-3-15-16(6-12)29-10-28-15)30-20(24-11)25-18(26)9-23-19(27)14-8-13(21)4-5-22-14/h2-6,8H,7,9-10H2,1H3,(H,23,27)(H,24,25,26). The van der Waals surface area contributed by atoms with Gasteiger partial charge in [0.2, 0.25) is 12.7 Å². The Labute approximate surface area is 181 Å². The molecule has 0 atom stereocenters. The number of anilines is 1. The summed E-state index contributed by atoms with van der Waals surface area (Å²) in [7, 11) is 0. The zero-order valence-corrected chi connectivity index (χ0v) is 17.5. The Balaban J connectivity index is 1.34. The highest BCUT2D eigenvalue weighted by Crippen LogP contribution is 2.34. The van der Waals surface area contributed by atoms with Gasteiger partial charge in [-0.05, 0) is 36.8 Å². The van der Waals surface area contributed by atoms with E-state index < -0.39 is 5.91 Å². The molecule has 1 aliphatic heterocycles. The van der Waals surface area contributed by atoms with Crippen molar-refractivity contribution in [2.24, 2.45) is 0 Å². The molecule has 1 aromatic carbocycles. The highest BCUT2D eigenvalue weighted by Gasteiger charge is 2.16. The Kier molecular flexibility index (Phi) is 5.82. The minimum Gasteiger partial charge on any atom is -0.454 e. The van der Waals surface area contributed by atoms with Crippen LogP contribution in [0.5, 0.6) is 11.5 Å². The molecule has 10 heteroatoms. The molecule has 30 heavy (non-hydrogen) atoms. The molecule has 0 fully saturated rings. The van der Waals surface area contributed by atoms with Crippen LogP contribution in [0.4, 0.5) is 5.13 Å². The first kappa shape index (κ1) is 20.1. The number of ether oxygens (including phenoxy) is 2. The van der Waals surface area contributed by atoms with Crippen molar-refractivity contribution in [1.29, 1.82) is 0 Å². The van der Waals surface area contributed by atoms with Crippen LogP contribution in [0, 0.1) is 6.92 Å². The van der Waals surface area contributed by atoms with E-state index in [1.165, 1.54) is 23.6 Å². The second-order valence-corrected chi connectivity index (χ2v) is 8.00. The van der Waals surface area contributed by atoms with E-state index in [0.717, 1.165) is 27.6 Å². The largest absolute Gasteiger partial charge is 0.454 e. The predicted octanol–water partition coefficient (Wildman–Crippen LogP) is 3.19. The van der Waals surface area contributed by atoms with Gasteiger partial charge < -0.3 is 20.1 Å². The smallest absolute Gasteiger partial charge is 0.270 e. The molecule has 1 aliphatic rings. The third-order valence-corrected chi connectivity index (χ3v) is 5.61. The van der Waals surface area contributed by atoms with Crippen LogP contribution in [0.25, 0.3) is 0 Å². The Morgan fingerprint density at radius 2 is 2.03 bits per heavy atom. The van der Waals surface area contributed by atoms with Gasteiger partial charge in [0.05, 0.1) is 12.2 Å². The fourth-order valence-electron chi connectivity index (χ4n) is 2.83. The third-order valence-electron chi connectivity index (χ3n) is 4.30. The number of hydrogen-bond donors (Lipinski definition) is 2. The van der Waals surface area contributed by atoms with Crippen molar-refractivity contribution in [3.63, 3.8) is 0 Å². The summed E-state index contributed by atoms with van der Waals surface area (Å²) in [5.74, 6) is 0.608. The van der Waals surface area contributed by atoms with Crippen LogP contribution in [-0.2, 0) is 11.2 Å². The lowest BCUT2D eigenvalue weighted by Crippen LogP contribution is -2.33. The third kappa shape index (κ3) is 4.69. The molecule has 0 unspecified atom stereocenters. The van der Waals surface area contributed by atoms with Crippen LogP contribution in [0.15, 0.2) is 36.5 Å². The lowest BCUT2D eigenvalue weighted by molar-refractivity contribution is -0.115. The van der Waals surface area contributed by atoms with Crippen LogP contribution < -0.4 is 20.1 Å². The maximum Gasteiger partial charge on any atom is 0.270 e. The number of pyridine rings is 1. The zero-order valence-electron chi connectivity index (χ0n) is 15.9. The first-order chi connectivity index (χ1) is 14.5. The molecule has 8 nitrogen and oxygen atoms in total. The summed E-state index contributed by atoms with van der Waals surface area (Å²) in [6.07, 6.45) is 2.09. The Morgan fingerprint density at radius 1 is 1.20 bits per heavy atom. The number of aryl methyl sites for hydroxylation is 1. The minimum atomic E-state index is -0.480. The number of thiazole rings is 1. The molecule has 154 valence electrons. The maximum atomic E-state index is 12.2. The number of carbonyl (C=O) groups is 2. The fourth-order valence-corrected chi connectivity index (χ4v) is 4.00. The van der Waals surface area contributed by atoms with E-state index in [-0.39, 0.29) is 24.9 Å². The first-order valence-electron chi connectivity index (χ1n) is 9.02. The van der Waals surface area contributed by atoms with Crippen LogP contribution >= 0.6 is 22.9 Å². The van der Waals surface area contributed by atoms with E-state index in [1.807, 2.05) is 25.1 Å². The van der Waals surface area contributed by atoms with Gasteiger partial charge in [0.25, 0.3) is 5.91 Å². The SMILES string of the molecule is Cc1nc(NC(=O)CNC(=O)c2cc(Cl)ccn2)sc1Cc1ccc2c(c1)OCO2. The number of amides is 2. The van der Waals surface area contributed by atoms with Gasteiger partial charge in [0, 0.05) is 22.5 Å². The molecule has 2 aromatic heterocycles. The molecule has 0 radical (unpaired) electrons. The molecular weight excluding hydrogens is 428 g/mol. The van der Waals surface area contributed by atoms with Gasteiger partial charge in [0.15, 0.2) is 16.6 Å². The van der Waals surface area contributed by atoms with Crippen LogP contribution in [0.3, 0.4) is 0 Å². The summed E-state index contributed by atoms with van der Waals surface area (Å²) in [5.41, 5.74) is 2.04. The molecule has 4 rings (SSSR count). The summed E-state index contributed by atoms with van der Waals surface area (Å²) < 4.78 is 10.7. The molecule has 0 spiro atoms. The maximum absolute atomic E-state index is 12.2. The van der Waals surface area contributed by atoms with E-state index in [1.54, 1.807) is 6.07 Å². The molecular formula is C20H17ClN4O4S. The number of nitrogens with zero attached hydrogens (tertiary/aromatic N) is 2. The van der Waals surface area contributed by atoms with Crippen molar-refractivity contribution in [1.82, 2.24) is 15.3 Å². The van der Waals surface area contributed by atoms with Gasteiger partial charge in [-0.2, -0.15) is 0 Å². The summed E-state index contributed by atoms with van der Waals surface area (Å²) in [6, 6.07) is 8.80. The number of rotatable bonds is 6. The molecule has 0 bridgehead atoms. The normalized spacial score (nSPS) is 11.9. The van der Waals surface area contributed by atoms with Crippen LogP contribution in [-0.4, -0.2) is 35.1 Å². The van der Waals surface area contributed by atoms with Crippen LogP contribution in [0.1, 0.15) is 26.6 Å². The second-order valence-electron chi connectivity index (χ2n) is 6.48. The zero-order chi connectivity index (χ0) is 21.1. The second kappa shape index (κ2) is 8.68. The average molecular weight is 445 g/mol. The van der Waals surface area contributed by atoms with Gasteiger partial charge in [-0.15, -0.1) is 11.3 Å². The van der Waals surface area contributed by atoms with Crippen molar-refractivity contribution >= 4 is 39.9 Å². The van der Waals surface area contributed by atoms with E-state index in [9.17, 15) is 9.59 Å². The van der Waals surface area contributed by atoms with Crippen molar-refractivity contribution in [3.8, 4) is 11.5 Å². The highest BCUT2D eigenvalue weighted by atomic mass is 35.5. The quantitative estimate of drug-likeness (QED) is 0.605. The molecule has 0 aliphatic carbocycles. The number of aromatic nitrogens is 2. The van der Waals surface area contributed by atoms with E-state index >= 15 is 0 Å². The summed E-state index contributed by atoms with van der Waals surface area (Å²) >= 11 is 7.23. The van der Waals surface area contributed by atoms with Gasteiger partial charge >= 0.3 is 0 Å². The molecule has 3 heterocycles. The Hall–Kier alpha value is -3.17. The minimum absolute atomic E-state index is 0.145. The monoisotopic (exact) mass is 444 g/mol. The van der Waals surface area contributed by atoms with Crippen LogP contribution in [0.2, 0.25) is 5.02 Å². The summed E-state index contributed by atoms with van der Waals surface area (Å²) in [5, 5.41) is 6.09. The highest BCUT2D eigenvalue weighted by molar-refractivity contribution is 7.15. The molecule has 0 saturated heterocycles. The van der Waals surface area contributed by atoms with E-state index in [0.29, 0.717) is 16.6 Å². The number of fused-ring (bicyclic) bond motifs is 1. The van der Waals surface area contributed by atoms with Gasteiger partial charge in [-0.1, -0.05) is 17.7 Å². The average Bonchev–Trinajstić information content (AvgIpc) is 3.32. The fraction of sp³-hybridized carbons (Fsp3) is 0.200. The predicted molar refractivity (Wildman–Crippen MR) is 112 cm³/mol. The molecule has 2 amide bonds. The number of benzene rings is 1. The topological polar surface area (TPSA) is 102 Å². The Morgan fingerprint density at radius 3 is 2.87 bits per heavy atom. The van der Waals surface area contributed by atoms with Crippen molar-refractivity contribution in [2.45, 2.75) is 13.3 Å². The summed E-state index contributed by atoms with van der Waals surface area (Å²) in [6.45, 7) is 1.92. The first-order valence-corrected chi connectivity index (χ1v) is 10.2. The van der Waals surface area contributed by atoms with Crippen molar-refractivity contribution < 1.29 is 19.1 Å². The lowest BCUT2D eigenvalue weighted by Gasteiger charge is -2.04. The summed E-state index contributed by atoms with van der Waals surface area (Å²) in [4.78, 5) is 33.6. The van der Waals surface area contributed by atoms with E-state index in [2.05, 4.69) is 20.6 Å². The molecule has 3 aromatic rings. The van der Waals surface area contributed by atoms with E-state index in [4.69, 9.17) is 21.1 Å². The van der Waals surface area contributed by atoms with Gasteiger partial charge in [0.1, 0.15) is 5.69 Å². The van der Waals surface area contributed by atoms with Crippen molar-refractivity contribution in [2.75, 3.05) is 18.7 Å². The van der Waals surface area contributed by atoms with Crippen molar-refractivity contribution in [3.05, 3.63) is 63.4 Å². The number of hydrogen-bond acceptors (Lipinski definition) is 7. The lowest BCUT2D eigenvalue weighted by atomic mass is 10.1. The van der Waals surface area contributed by atoms with Gasteiger partial charge in [-0.25, -0.2) is 4.98 Å². The van der Waals surface area contributed by atoms with Gasteiger partial charge in [-0.3, -0.25) is 14.6 Å². The Bertz CT molecular complexity index is 1120.